The van der Waals surface area contributed by atoms with Crippen LogP contribution in [0.15, 0.2) is 60.8 Å². The van der Waals surface area contributed by atoms with E-state index in [1.54, 1.807) is 18.3 Å². The first-order valence-electron chi connectivity index (χ1n) is 7.36. The molecule has 1 heterocycles. The lowest BCUT2D eigenvalue weighted by Crippen LogP contribution is -1.97. The second-order valence-electron chi connectivity index (χ2n) is 5.35. The molecule has 2 aromatic carbocycles. The number of ether oxygens (including phenoxy) is 1. The van der Waals surface area contributed by atoms with E-state index >= 15 is 0 Å². The minimum Gasteiger partial charge on any atom is -0.487 e. The molecule has 0 amide bonds. The lowest BCUT2D eigenvalue weighted by Gasteiger charge is -2.10. The number of rotatable bonds is 5. The Morgan fingerprint density at radius 1 is 0.917 bits per heavy atom. The summed E-state index contributed by atoms with van der Waals surface area (Å²) >= 11 is 12.0. The maximum absolute atomic E-state index is 13.2. The summed E-state index contributed by atoms with van der Waals surface area (Å²) in [6.07, 6.45) is 2.27. The Balaban J connectivity index is 1.67. The highest BCUT2D eigenvalue weighted by Gasteiger charge is 2.05. The van der Waals surface area contributed by atoms with Crippen molar-refractivity contribution in [3.8, 4) is 5.75 Å². The first-order chi connectivity index (χ1) is 11.6. The van der Waals surface area contributed by atoms with Gasteiger partial charge in [-0.25, -0.2) is 9.37 Å². The van der Waals surface area contributed by atoms with E-state index in [0.29, 0.717) is 29.0 Å². The van der Waals surface area contributed by atoms with Crippen molar-refractivity contribution in [2.45, 2.75) is 13.0 Å². The molecule has 0 aliphatic rings. The summed E-state index contributed by atoms with van der Waals surface area (Å²) in [5, 5.41) is 0.962. The van der Waals surface area contributed by atoms with Crippen LogP contribution in [0.3, 0.4) is 0 Å². The van der Waals surface area contributed by atoms with Crippen LogP contribution >= 0.6 is 23.2 Å². The van der Waals surface area contributed by atoms with Gasteiger partial charge >= 0.3 is 0 Å². The average molecular weight is 362 g/mol. The van der Waals surface area contributed by atoms with Gasteiger partial charge in [0.2, 0.25) is 0 Å². The number of nitrogens with zero attached hydrogens (tertiary/aromatic N) is 1. The Bertz CT molecular complexity index is 837. The van der Waals surface area contributed by atoms with Crippen molar-refractivity contribution in [1.29, 1.82) is 0 Å². The summed E-state index contributed by atoms with van der Waals surface area (Å²) in [4.78, 5) is 4.00. The second kappa shape index (κ2) is 7.65. The van der Waals surface area contributed by atoms with Crippen LogP contribution in [0, 0.1) is 5.82 Å². The number of benzene rings is 2. The van der Waals surface area contributed by atoms with E-state index in [-0.39, 0.29) is 5.82 Å². The van der Waals surface area contributed by atoms with Gasteiger partial charge in [-0.1, -0.05) is 47.5 Å². The summed E-state index contributed by atoms with van der Waals surface area (Å²) in [6, 6.07) is 15.7. The second-order valence-corrected chi connectivity index (χ2v) is 6.14. The summed E-state index contributed by atoms with van der Waals surface area (Å²) < 4.78 is 19.0. The molecule has 0 spiro atoms. The van der Waals surface area contributed by atoms with Gasteiger partial charge in [-0.15, -0.1) is 0 Å². The Labute approximate surface area is 149 Å². The normalized spacial score (nSPS) is 10.6. The molecule has 0 saturated heterocycles. The van der Waals surface area contributed by atoms with Crippen molar-refractivity contribution < 1.29 is 9.13 Å². The Morgan fingerprint density at radius 3 is 2.42 bits per heavy atom. The lowest BCUT2D eigenvalue weighted by atomic mass is 10.0. The Kier molecular flexibility index (Phi) is 5.34. The highest BCUT2D eigenvalue weighted by Crippen LogP contribution is 2.27. The maximum Gasteiger partial charge on any atom is 0.138 e. The van der Waals surface area contributed by atoms with Gasteiger partial charge in [-0.05, 0) is 47.9 Å². The van der Waals surface area contributed by atoms with E-state index in [9.17, 15) is 4.39 Å². The lowest BCUT2D eigenvalue weighted by molar-refractivity contribution is 0.306. The van der Waals surface area contributed by atoms with E-state index in [1.807, 2.05) is 30.3 Å². The van der Waals surface area contributed by atoms with Gasteiger partial charge in [0.05, 0.1) is 5.02 Å². The van der Waals surface area contributed by atoms with Gasteiger partial charge in [0, 0.05) is 11.8 Å². The fraction of sp³-hybridized carbons (Fsp3) is 0.105. The predicted molar refractivity (Wildman–Crippen MR) is 94.2 cm³/mol. The molecule has 0 aliphatic carbocycles. The molecule has 0 bridgehead atoms. The van der Waals surface area contributed by atoms with Gasteiger partial charge in [-0.3, -0.25) is 0 Å². The molecule has 122 valence electrons. The summed E-state index contributed by atoms with van der Waals surface area (Å²) in [5.41, 5.74) is 2.79. The van der Waals surface area contributed by atoms with Crippen LogP contribution in [-0.2, 0) is 13.0 Å². The van der Waals surface area contributed by atoms with Gasteiger partial charge in [0.15, 0.2) is 0 Å². The highest BCUT2D eigenvalue weighted by atomic mass is 35.5. The molecule has 2 nitrogen and oxygen atoms in total. The first-order valence-corrected chi connectivity index (χ1v) is 8.12. The molecule has 1 aromatic heterocycles. The number of pyridine rings is 1. The van der Waals surface area contributed by atoms with Gasteiger partial charge in [-0.2, -0.15) is 0 Å². The highest BCUT2D eigenvalue weighted by molar-refractivity contribution is 6.32. The molecule has 0 unspecified atom stereocenters. The third-order valence-electron chi connectivity index (χ3n) is 3.48. The summed E-state index contributed by atoms with van der Waals surface area (Å²) in [5.74, 6) is 0.352. The molecule has 0 N–H and O–H groups in total. The van der Waals surface area contributed by atoms with Crippen LogP contribution in [-0.4, -0.2) is 4.98 Å². The van der Waals surface area contributed by atoms with Crippen LogP contribution in [0.25, 0.3) is 0 Å². The third kappa shape index (κ3) is 4.47. The Hall–Kier alpha value is -2.10. The molecular weight excluding hydrogens is 348 g/mol. The summed E-state index contributed by atoms with van der Waals surface area (Å²) in [6.45, 7) is 0.354. The van der Waals surface area contributed by atoms with Gasteiger partial charge < -0.3 is 4.74 Å². The topological polar surface area (TPSA) is 22.1 Å². The van der Waals surface area contributed by atoms with Crippen molar-refractivity contribution in [3.05, 3.63) is 93.5 Å². The first kappa shape index (κ1) is 16.7. The quantitative estimate of drug-likeness (QED) is 0.544. The average Bonchev–Trinajstić information content (AvgIpc) is 2.56. The predicted octanol–water partition coefficient (Wildman–Crippen LogP) is 5.70. The zero-order valence-corrected chi connectivity index (χ0v) is 14.2. The van der Waals surface area contributed by atoms with E-state index in [4.69, 9.17) is 27.9 Å². The van der Waals surface area contributed by atoms with Gasteiger partial charge in [0.1, 0.15) is 23.3 Å². The van der Waals surface area contributed by atoms with Crippen molar-refractivity contribution in [3.63, 3.8) is 0 Å². The van der Waals surface area contributed by atoms with Crippen LogP contribution in [0.5, 0.6) is 5.75 Å². The number of hydrogen-bond acceptors (Lipinski definition) is 2. The van der Waals surface area contributed by atoms with Crippen molar-refractivity contribution >= 4 is 23.2 Å². The van der Waals surface area contributed by atoms with Crippen LogP contribution in [0.2, 0.25) is 10.2 Å². The largest absolute Gasteiger partial charge is 0.487 e. The molecule has 0 aliphatic heterocycles. The van der Waals surface area contributed by atoms with Crippen molar-refractivity contribution in [2.24, 2.45) is 0 Å². The molecule has 0 atom stereocenters. The maximum atomic E-state index is 13.2. The van der Waals surface area contributed by atoms with E-state index in [2.05, 4.69) is 4.98 Å². The monoisotopic (exact) mass is 361 g/mol. The minimum absolute atomic E-state index is 0.241. The van der Waals surface area contributed by atoms with E-state index < -0.39 is 0 Å². The number of aromatic nitrogens is 1. The van der Waals surface area contributed by atoms with E-state index in [1.165, 1.54) is 12.1 Å². The molecule has 3 aromatic rings. The van der Waals surface area contributed by atoms with Gasteiger partial charge in [0.25, 0.3) is 0 Å². The molecule has 5 heteroatoms. The molecule has 24 heavy (non-hydrogen) atoms. The fourth-order valence-electron chi connectivity index (χ4n) is 2.31. The zero-order chi connectivity index (χ0) is 16.9. The molecule has 0 radical (unpaired) electrons. The summed E-state index contributed by atoms with van der Waals surface area (Å²) in [7, 11) is 0. The standard InChI is InChI=1S/C19H14Cl2FNO/c20-17-10-14(8-13-2-1-3-16(22)9-13)4-6-18(17)24-12-15-5-7-19(21)23-11-15/h1-7,9-11H,8,12H2. The number of halogens is 3. The molecule has 3 rings (SSSR count). The minimum atomic E-state index is -0.241. The number of hydrogen-bond donors (Lipinski definition) is 0. The molecule has 0 saturated carbocycles. The van der Waals surface area contributed by atoms with Crippen molar-refractivity contribution in [2.75, 3.05) is 0 Å². The zero-order valence-electron chi connectivity index (χ0n) is 12.7. The Morgan fingerprint density at radius 2 is 1.71 bits per heavy atom. The van der Waals surface area contributed by atoms with Crippen LogP contribution < -0.4 is 4.74 Å². The van der Waals surface area contributed by atoms with E-state index in [0.717, 1.165) is 16.7 Å². The fourth-order valence-corrected chi connectivity index (χ4v) is 2.68. The smallest absolute Gasteiger partial charge is 0.138 e. The van der Waals surface area contributed by atoms with Crippen LogP contribution in [0.1, 0.15) is 16.7 Å². The van der Waals surface area contributed by atoms with Crippen LogP contribution in [0.4, 0.5) is 4.39 Å². The SMILES string of the molecule is Fc1cccc(Cc2ccc(OCc3ccc(Cl)nc3)c(Cl)c2)c1. The molecular formula is C19H14Cl2FNO. The molecule has 0 fully saturated rings. The van der Waals surface area contributed by atoms with Crippen molar-refractivity contribution in [1.82, 2.24) is 4.98 Å². The third-order valence-corrected chi connectivity index (χ3v) is 4.00.